The van der Waals surface area contributed by atoms with Crippen LogP contribution < -0.4 is 0 Å². The van der Waals surface area contributed by atoms with Gasteiger partial charge in [-0.05, 0) is 60.7 Å². The lowest BCUT2D eigenvalue weighted by Crippen LogP contribution is -2.51. The molecule has 8 heteroatoms. The number of nitrogens with one attached hydrogen (secondary N) is 1. The number of nitrogens with zero attached hydrogens (tertiary/aromatic N) is 2. The highest BCUT2D eigenvalue weighted by Crippen LogP contribution is 2.53. The summed E-state index contributed by atoms with van der Waals surface area (Å²) in [6, 6.07) is 10.6. The lowest BCUT2D eigenvalue weighted by Gasteiger charge is -2.44. The molecule has 0 bridgehead atoms. The van der Waals surface area contributed by atoms with Gasteiger partial charge in [-0.2, -0.15) is 5.10 Å². The van der Waals surface area contributed by atoms with Crippen LogP contribution in [0, 0.1) is 5.82 Å². The van der Waals surface area contributed by atoms with Gasteiger partial charge in [0, 0.05) is 41.8 Å². The van der Waals surface area contributed by atoms with E-state index in [9.17, 15) is 14.3 Å². The standard InChI is InChI=1S/C26H28FN3O4/c1-25(2,14-33-3)23-22(16-11-26(12-16,34-4)24(31)32)19-10-20-15(13-28-29-20)9-21(19)30(23)18-7-5-17(27)6-8-18/h5-10,13,16H,11-12,14H2,1-4H3,(H,28,29)(H,31,32)/t16-,26+. The molecule has 7 nitrogen and oxygen atoms in total. The predicted octanol–water partition coefficient (Wildman–Crippen LogP) is 4.92. The maximum Gasteiger partial charge on any atom is 0.335 e. The minimum Gasteiger partial charge on any atom is -0.479 e. The number of ether oxygens (including phenoxy) is 2. The molecule has 34 heavy (non-hydrogen) atoms. The van der Waals surface area contributed by atoms with Crippen molar-refractivity contribution in [2.45, 2.75) is 43.6 Å². The quantitative estimate of drug-likeness (QED) is 0.405. The van der Waals surface area contributed by atoms with E-state index in [2.05, 4.69) is 40.7 Å². The predicted molar refractivity (Wildman–Crippen MR) is 127 cm³/mol. The molecular formula is C26H28FN3O4. The molecule has 0 atom stereocenters. The Hall–Kier alpha value is -3.23. The van der Waals surface area contributed by atoms with Crippen LogP contribution in [-0.2, 0) is 19.7 Å². The van der Waals surface area contributed by atoms with Gasteiger partial charge in [0.1, 0.15) is 5.82 Å². The number of aromatic nitrogens is 3. The molecule has 1 fully saturated rings. The molecule has 2 heterocycles. The number of hydrogen-bond donors (Lipinski definition) is 2. The third-order valence-electron chi connectivity index (χ3n) is 7.14. The van der Waals surface area contributed by atoms with Gasteiger partial charge in [-0.1, -0.05) is 13.8 Å². The van der Waals surface area contributed by atoms with E-state index in [1.165, 1.54) is 19.2 Å². The fourth-order valence-corrected chi connectivity index (χ4v) is 5.49. The van der Waals surface area contributed by atoms with Crippen molar-refractivity contribution < 1.29 is 23.8 Å². The second kappa shape index (κ2) is 7.92. The van der Waals surface area contributed by atoms with E-state index in [-0.39, 0.29) is 11.7 Å². The Morgan fingerprint density at radius 1 is 1.26 bits per heavy atom. The molecule has 5 rings (SSSR count). The largest absolute Gasteiger partial charge is 0.479 e. The van der Waals surface area contributed by atoms with E-state index in [1.54, 1.807) is 25.4 Å². The lowest BCUT2D eigenvalue weighted by atomic mass is 9.65. The van der Waals surface area contributed by atoms with Gasteiger partial charge in [-0.15, -0.1) is 0 Å². The number of fused-ring (bicyclic) bond motifs is 2. The number of H-pyrrole nitrogens is 1. The monoisotopic (exact) mass is 465 g/mol. The molecule has 1 aliphatic carbocycles. The first-order chi connectivity index (χ1) is 16.2. The summed E-state index contributed by atoms with van der Waals surface area (Å²) in [4.78, 5) is 12.0. The van der Waals surface area contributed by atoms with Crippen molar-refractivity contribution >= 4 is 27.8 Å². The number of carboxylic acids is 1. The van der Waals surface area contributed by atoms with Gasteiger partial charge in [0.05, 0.1) is 23.8 Å². The maximum atomic E-state index is 13.8. The number of aliphatic carboxylic acids is 1. The highest BCUT2D eigenvalue weighted by Gasteiger charge is 2.53. The summed E-state index contributed by atoms with van der Waals surface area (Å²) in [5.41, 5.74) is 3.18. The molecule has 0 radical (unpaired) electrons. The van der Waals surface area contributed by atoms with Gasteiger partial charge in [-0.3, -0.25) is 5.10 Å². The Morgan fingerprint density at radius 2 is 1.97 bits per heavy atom. The summed E-state index contributed by atoms with van der Waals surface area (Å²) >= 11 is 0. The summed E-state index contributed by atoms with van der Waals surface area (Å²) in [5.74, 6) is -1.27. The van der Waals surface area contributed by atoms with Gasteiger partial charge < -0.3 is 19.1 Å². The number of carbonyl (C=O) groups is 1. The van der Waals surface area contributed by atoms with Crippen LogP contribution in [0.5, 0.6) is 0 Å². The Labute approximate surface area is 196 Å². The molecule has 2 aromatic carbocycles. The molecule has 0 aliphatic heterocycles. The third-order valence-corrected chi connectivity index (χ3v) is 7.14. The van der Waals surface area contributed by atoms with Crippen LogP contribution in [0.15, 0.2) is 42.6 Å². The van der Waals surface area contributed by atoms with E-state index in [0.717, 1.165) is 38.8 Å². The van der Waals surface area contributed by atoms with Gasteiger partial charge in [-0.25, -0.2) is 9.18 Å². The summed E-state index contributed by atoms with van der Waals surface area (Å²) in [6.07, 6.45) is 2.52. The molecule has 178 valence electrons. The molecule has 2 N–H and O–H groups in total. The van der Waals surface area contributed by atoms with Gasteiger partial charge in [0.15, 0.2) is 5.60 Å². The highest BCUT2D eigenvalue weighted by molar-refractivity contribution is 5.99. The summed E-state index contributed by atoms with van der Waals surface area (Å²) in [5, 5.41) is 19.0. The molecular weight excluding hydrogens is 437 g/mol. The van der Waals surface area contributed by atoms with Crippen LogP contribution in [0.1, 0.15) is 43.9 Å². The van der Waals surface area contributed by atoms with Gasteiger partial charge in [0.25, 0.3) is 0 Å². The van der Waals surface area contributed by atoms with E-state index in [4.69, 9.17) is 9.47 Å². The first kappa shape index (κ1) is 22.6. The number of aromatic amines is 1. The summed E-state index contributed by atoms with van der Waals surface area (Å²) in [7, 11) is 3.13. The van der Waals surface area contributed by atoms with Crippen molar-refractivity contribution in [3.63, 3.8) is 0 Å². The molecule has 0 saturated heterocycles. The van der Waals surface area contributed by atoms with Crippen LogP contribution in [0.4, 0.5) is 4.39 Å². The molecule has 1 aliphatic rings. The van der Waals surface area contributed by atoms with Crippen LogP contribution in [0.2, 0.25) is 0 Å². The van der Waals surface area contributed by atoms with E-state index in [0.29, 0.717) is 19.4 Å². The van der Waals surface area contributed by atoms with E-state index in [1.807, 2.05) is 0 Å². The van der Waals surface area contributed by atoms with Crippen LogP contribution >= 0.6 is 0 Å². The van der Waals surface area contributed by atoms with Crippen molar-refractivity contribution in [1.82, 2.24) is 14.8 Å². The molecule has 0 spiro atoms. The topological polar surface area (TPSA) is 89.4 Å². The van der Waals surface area contributed by atoms with Crippen molar-refractivity contribution in [2.24, 2.45) is 0 Å². The molecule has 2 aromatic heterocycles. The number of hydrogen-bond acceptors (Lipinski definition) is 4. The van der Waals surface area contributed by atoms with Crippen LogP contribution in [-0.4, -0.2) is 52.3 Å². The van der Waals surface area contributed by atoms with Gasteiger partial charge >= 0.3 is 5.97 Å². The fraction of sp³-hybridized carbons (Fsp3) is 0.385. The van der Waals surface area contributed by atoms with Crippen LogP contribution in [0.3, 0.4) is 0 Å². The molecule has 0 amide bonds. The maximum absolute atomic E-state index is 13.8. The first-order valence-corrected chi connectivity index (χ1v) is 11.3. The zero-order chi connectivity index (χ0) is 24.3. The Morgan fingerprint density at radius 3 is 2.59 bits per heavy atom. The first-order valence-electron chi connectivity index (χ1n) is 11.3. The lowest BCUT2D eigenvalue weighted by molar-refractivity contribution is -0.175. The zero-order valence-corrected chi connectivity index (χ0v) is 19.7. The highest BCUT2D eigenvalue weighted by atomic mass is 19.1. The van der Waals surface area contributed by atoms with Crippen molar-refractivity contribution in [2.75, 3.05) is 20.8 Å². The number of carboxylic acid groups (broad SMARTS) is 1. The average molecular weight is 466 g/mol. The normalized spacial score (nSPS) is 20.7. The molecule has 4 aromatic rings. The Kier molecular flexibility index (Phi) is 5.26. The minimum absolute atomic E-state index is 0.0215. The van der Waals surface area contributed by atoms with Gasteiger partial charge in [0.2, 0.25) is 0 Å². The number of benzene rings is 2. The van der Waals surface area contributed by atoms with Crippen molar-refractivity contribution in [3.05, 3.63) is 59.7 Å². The molecule has 0 unspecified atom stereocenters. The second-order valence-electron chi connectivity index (χ2n) is 9.83. The van der Waals surface area contributed by atoms with Crippen molar-refractivity contribution in [3.8, 4) is 5.69 Å². The number of methoxy groups -OCH3 is 2. The second-order valence-corrected chi connectivity index (χ2v) is 9.83. The SMILES string of the molecule is COCC(C)(C)c1c([C@H]2C[C@](OC)(C(=O)O)C2)c2cc3[nH]ncc3cc2n1-c1ccc(F)cc1. The Balaban J connectivity index is 1.83. The minimum atomic E-state index is -1.18. The smallest absolute Gasteiger partial charge is 0.335 e. The fourth-order valence-electron chi connectivity index (χ4n) is 5.49. The van der Waals surface area contributed by atoms with Crippen LogP contribution in [0.25, 0.3) is 27.5 Å². The number of halogens is 1. The molecule has 1 saturated carbocycles. The summed E-state index contributed by atoms with van der Waals surface area (Å²) in [6.45, 7) is 4.68. The summed E-state index contributed by atoms with van der Waals surface area (Å²) < 4.78 is 27.0. The van der Waals surface area contributed by atoms with E-state index < -0.39 is 17.0 Å². The third kappa shape index (κ3) is 3.32. The number of rotatable bonds is 7. The zero-order valence-electron chi connectivity index (χ0n) is 19.7. The Bertz CT molecular complexity index is 1380. The van der Waals surface area contributed by atoms with Crippen molar-refractivity contribution in [1.29, 1.82) is 0 Å². The van der Waals surface area contributed by atoms with E-state index >= 15 is 0 Å². The average Bonchev–Trinajstić information content (AvgIpc) is 3.35.